The lowest BCUT2D eigenvalue weighted by atomic mass is 10.1. The first kappa shape index (κ1) is 12.6. The maximum absolute atomic E-state index is 13.2. The van der Waals surface area contributed by atoms with Crippen molar-refractivity contribution in [1.82, 2.24) is 5.16 Å². The topological polar surface area (TPSA) is 72.6 Å². The Labute approximate surface area is 109 Å². The lowest BCUT2D eigenvalue weighted by Crippen LogP contribution is -1.96. The number of hydrogen-bond acceptors (Lipinski definition) is 4. The Hall–Kier alpha value is -1.89. The van der Waals surface area contributed by atoms with Gasteiger partial charge in [0.25, 0.3) is 0 Å². The molecule has 1 heterocycles. The summed E-state index contributed by atoms with van der Waals surface area (Å²) in [6, 6.07) is 3.82. The van der Waals surface area contributed by atoms with Crippen LogP contribution in [0, 0.1) is 5.82 Å². The van der Waals surface area contributed by atoms with Crippen LogP contribution in [0.25, 0.3) is 11.3 Å². The van der Waals surface area contributed by atoms with Crippen LogP contribution in [0.4, 0.5) is 4.39 Å². The summed E-state index contributed by atoms with van der Waals surface area (Å²) in [5, 5.41) is 12.2. The third-order valence-electron chi connectivity index (χ3n) is 2.24. The molecule has 0 saturated carbocycles. The van der Waals surface area contributed by atoms with Gasteiger partial charge in [0.1, 0.15) is 16.0 Å². The number of carboxylic acid groups (broad SMARTS) is 1. The van der Waals surface area contributed by atoms with Crippen molar-refractivity contribution >= 4 is 21.9 Å². The molecule has 1 aromatic carbocycles. The first-order chi connectivity index (χ1) is 8.54. The van der Waals surface area contributed by atoms with E-state index in [-0.39, 0.29) is 21.5 Å². The predicted octanol–water partition coefficient (Wildman–Crippen LogP) is 2.95. The van der Waals surface area contributed by atoms with Crippen LogP contribution in [0.1, 0.15) is 10.5 Å². The smallest absolute Gasteiger partial charge is 0.359 e. The van der Waals surface area contributed by atoms with E-state index >= 15 is 0 Å². The number of benzene rings is 1. The molecule has 7 heteroatoms. The van der Waals surface area contributed by atoms with Crippen molar-refractivity contribution in [2.75, 3.05) is 7.11 Å². The minimum absolute atomic E-state index is 0.101. The summed E-state index contributed by atoms with van der Waals surface area (Å²) in [4.78, 5) is 10.8. The molecule has 0 atom stereocenters. The van der Waals surface area contributed by atoms with E-state index in [1.54, 1.807) is 0 Å². The Balaban J connectivity index is 2.61. The van der Waals surface area contributed by atoms with Crippen molar-refractivity contribution < 1.29 is 23.6 Å². The molecule has 94 valence electrons. The van der Waals surface area contributed by atoms with Crippen molar-refractivity contribution in [2.45, 2.75) is 0 Å². The van der Waals surface area contributed by atoms with Crippen molar-refractivity contribution in [2.24, 2.45) is 0 Å². The van der Waals surface area contributed by atoms with Crippen LogP contribution in [0.2, 0.25) is 0 Å². The van der Waals surface area contributed by atoms with E-state index in [0.29, 0.717) is 5.75 Å². The number of aromatic nitrogens is 1. The molecular weight excluding hydrogens is 309 g/mol. The van der Waals surface area contributed by atoms with Crippen LogP contribution >= 0.6 is 15.9 Å². The fraction of sp³-hybridized carbons (Fsp3) is 0.0909. The van der Waals surface area contributed by atoms with E-state index in [0.717, 1.165) is 0 Å². The summed E-state index contributed by atoms with van der Waals surface area (Å²) in [7, 11) is 1.42. The van der Waals surface area contributed by atoms with E-state index in [4.69, 9.17) is 14.4 Å². The quantitative estimate of drug-likeness (QED) is 0.942. The maximum atomic E-state index is 13.2. The lowest BCUT2D eigenvalue weighted by Gasteiger charge is -2.05. The summed E-state index contributed by atoms with van der Waals surface area (Å²) in [5.74, 6) is -1.29. The minimum atomic E-state index is -1.24. The Morgan fingerprint density at radius 1 is 1.56 bits per heavy atom. The van der Waals surface area contributed by atoms with Gasteiger partial charge in [-0.05, 0) is 34.1 Å². The van der Waals surface area contributed by atoms with E-state index in [9.17, 15) is 9.18 Å². The third kappa shape index (κ3) is 2.08. The number of carboxylic acids is 1. The number of carbonyl (C=O) groups is 1. The largest absolute Gasteiger partial charge is 0.496 e. The zero-order valence-electron chi connectivity index (χ0n) is 9.11. The number of halogens is 2. The Morgan fingerprint density at radius 2 is 2.28 bits per heavy atom. The average molecular weight is 316 g/mol. The summed E-state index contributed by atoms with van der Waals surface area (Å²) in [6.45, 7) is 0. The second kappa shape index (κ2) is 4.77. The summed E-state index contributed by atoms with van der Waals surface area (Å²) < 4.78 is 23.3. The zero-order valence-corrected chi connectivity index (χ0v) is 10.7. The Bertz CT molecular complexity index is 611. The summed E-state index contributed by atoms with van der Waals surface area (Å²) in [5.41, 5.74) is 0.000638. The highest BCUT2D eigenvalue weighted by Crippen LogP contribution is 2.37. The molecule has 1 aromatic heterocycles. The standard InChI is InChI=1S/C11H7BrFNO4/c1-17-7-3-2-5(13)4-6(7)10-8(12)9(11(15)16)14-18-10/h2-4H,1H3,(H,15,16). The van der Waals surface area contributed by atoms with Gasteiger partial charge in [-0.15, -0.1) is 0 Å². The number of aromatic carboxylic acids is 1. The molecule has 2 rings (SSSR count). The van der Waals surface area contributed by atoms with Crippen LogP contribution in [0.5, 0.6) is 5.75 Å². The van der Waals surface area contributed by atoms with Crippen LogP contribution in [0.15, 0.2) is 27.2 Å². The number of ether oxygens (including phenoxy) is 1. The summed E-state index contributed by atoms with van der Waals surface area (Å²) >= 11 is 3.06. The molecule has 18 heavy (non-hydrogen) atoms. The first-order valence-electron chi connectivity index (χ1n) is 4.77. The normalized spacial score (nSPS) is 10.4. The van der Waals surface area contributed by atoms with Gasteiger partial charge in [0.2, 0.25) is 5.69 Å². The molecule has 0 fully saturated rings. The minimum Gasteiger partial charge on any atom is -0.496 e. The van der Waals surface area contributed by atoms with Gasteiger partial charge < -0.3 is 14.4 Å². The molecule has 0 amide bonds. The molecule has 0 unspecified atom stereocenters. The van der Waals surface area contributed by atoms with Crippen molar-refractivity contribution in [1.29, 1.82) is 0 Å². The molecular formula is C11H7BrFNO4. The highest BCUT2D eigenvalue weighted by Gasteiger charge is 2.23. The van der Waals surface area contributed by atoms with E-state index < -0.39 is 11.8 Å². The molecule has 0 radical (unpaired) electrons. The van der Waals surface area contributed by atoms with Crippen molar-refractivity contribution in [3.8, 4) is 17.1 Å². The van der Waals surface area contributed by atoms with Crippen LogP contribution < -0.4 is 4.74 Å². The molecule has 5 nitrogen and oxygen atoms in total. The first-order valence-corrected chi connectivity index (χ1v) is 5.56. The van der Waals surface area contributed by atoms with Crippen molar-refractivity contribution in [3.05, 3.63) is 34.2 Å². The van der Waals surface area contributed by atoms with Gasteiger partial charge >= 0.3 is 5.97 Å². The maximum Gasteiger partial charge on any atom is 0.359 e. The predicted molar refractivity (Wildman–Crippen MR) is 63.1 cm³/mol. The highest BCUT2D eigenvalue weighted by atomic mass is 79.9. The number of rotatable bonds is 3. The fourth-order valence-corrected chi connectivity index (χ4v) is 1.96. The molecule has 0 saturated heterocycles. The van der Waals surface area contributed by atoms with Gasteiger partial charge in [0, 0.05) is 0 Å². The van der Waals surface area contributed by atoms with Crippen LogP contribution in [0.3, 0.4) is 0 Å². The lowest BCUT2D eigenvalue weighted by molar-refractivity contribution is 0.0685. The SMILES string of the molecule is COc1ccc(F)cc1-c1onc(C(=O)O)c1Br. The second-order valence-electron chi connectivity index (χ2n) is 3.32. The van der Waals surface area contributed by atoms with E-state index in [1.165, 1.54) is 25.3 Å². The van der Waals surface area contributed by atoms with Gasteiger partial charge in [0.05, 0.1) is 12.7 Å². The molecule has 0 spiro atoms. The zero-order chi connectivity index (χ0) is 13.3. The molecule has 0 aliphatic heterocycles. The Kier molecular flexibility index (Phi) is 3.33. The third-order valence-corrected chi connectivity index (χ3v) is 2.98. The van der Waals surface area contributed by atoms with Gasteiger partial charge in [-0.1, -0.05) is 5.16 Å². The van der Waals surface area contributed by atoms with Crippen molar-refractivity contribution in [3.63, 3.8) is 0 Å². The van der Waals surface area contributed by atoms with Gasteiger partial charge in [-0.3, -0.25) is 0 Å². The molecule has 0 aliphatic carbocycles. The molecule has 0 bridgehead atoms. The monoisotopic (exact) mass is 315 g/mol. The molecule has 0 aliphatic rings. The molecule has 1 N–H and O–H groups in total. The Morgan fingerprint density at radius 3 is 2.83 bits per heavy atom. The van der Waals surface area contributed by atoms with Crippen LogP contribution in [-0.2, 0) is 0 Å². The average Bonchev–Trinajstić information content (AvgIpc) is 2.71. The van der Waals surface area contributed by atoms with E-state index in [1.807, 2.05) is 0 Å². The number of hydrogen-bond donors (Lipinski definition) is 1. The van der Waals surface area contributed by atoms with Crippen LogP contribution in [-0.4, -0.2) is 23.3 Å². The van der Waals surface area contributed by atoms with Gasteiger partial charge in [0.15, 0.2) is 5.76 Å². The van der Waals surface area contributed by atoms with E-state index in [2.05, 4.69) is 21.1 Å². The van der Waals surface area contributed by atoms with Gasteiger partial charge in [-0.25, -0.2) is 9.18 Å². The summed E-state index contributed by atoms with van der Waals surface area (Å²) in [6.07, 6.45) is 0. The molecule has 2 aromatic rings. The number of nitrogens with zero attached hydrogens (tertiary/aromatic N) is 1. The highest BCUT2D eigenvalue weighted by molar-refractivity contribution is 9.10. The second-order valence-corrected chi connectivity index (χ2v) is 4.12. The van der Waals surface area contributed by atoms with Gasteiger partial charge in [-0.2, -0.15) is 0 Å². The number of methoxy groups -OCH3 is 1. The fourth-order valence-electron chi connectivity index (χ4n) is 1.44.